The Bertz CT molecular complexity index is 6280. The number of fused-ring (bicyclic) bond motifs is 15. The van der Waals surface area contributed by atoms with Gasteiger partial charge in [0.1, 0.15) is 0 Å². The number of hydrogen-bond acceptors (Lipinski definition) is 4. The highest BCUT2D eigenvalue weighted by Crippen LogP contribution is 2.62. The van der Waals surface area contributed by atoms with E-state index >= 15 is 0 Å². The van der Waals surface area contributed by atoms with Crippen molar-refractivity contribution in [3.05, 3.63) is 443 Å². The molecular weight excluding hydrogens is 1490 g/mol. The summed E-state index contributed by atoms with van der Waals surface area (Å²) in [6, 6.07) is 145. The first kappa shape index (κ1) is 77.1. The first-order valence-electron chi connectivity index (χ1n) is 45.4. The molecule has 123 heavy (non-hydrogen) atoms. The van der Waals surface area contributed by atoms with Gasteiger partial charge in [-0.15, -0.1) is 0 Å². The monoisotopic (exact) mass is 1590 g/mol. The lowest BCUT2D eigenvalue weighted by Gasteiger charge is -2.36. The molecule has 0 radical (unpaired) electrons. The predicted octanol–water partition coefficient (Wildman–Crippen LogP) is 32.7. The molecule has 0 saturated heterocycles. The normalized spacial score (nSPS) is 14.7. The van der Waals surface area contributed by atoms with Gasteiger partial charge >= 0.3 is 0 Å². The van der Waals surface area contributed by atoms with E-state index in [0.29, 0.717) is 12.8 Å². The van der Waals surface area contributed by atoms with Crippen LogP contribution < -0.4 is 19.6 Å². The van der Waals surface area contributed by atoms with Crippen molar-refractivity contribution in [1.29, 1.82) is 0 Å². The minimum absolute atomic E-state index is 0.0895. The fraction of sp³-hybridized carbons (Fsp3) is 0.193. The zero-order chi connectivity index (χ0) is 83.4. The Kier molecular flexibility index (Phi) is 19.2. The van der Waals surface area contributed by atoms with Crippen molar-refractivity contribution in [1.82, 2.24) is 0 Å². The van der Waals surface area contributed by atoms with Gasteiger partial charge in [-0.3, -0.25) is 0 Å². The average molecular weight is 1590 g/mol. The average Bonchev–Trinajstić information content (AvgIpc) is 1.56. The highest BCUT2D eigenvalue weighted by Gasteiger charge is 2.48. The third kappa shape index (κ3) is 11.9. The molecule has 0 heterocycles. The Hall–Kier alpha value is -13.3. The van der Waals surface area contributed by atoms with E-state index in [-0.39, 0.29) is 21.7 Å². The Morgan fingerprint density at radius 3 is 0.520 bits per heavy atom. The van der Waals surface area contributed by atoms with Gasteiger partial charge in [0.15, 0.2) is 0 Å². The van der Waals surface area contributed by atoms with Crippen LogP contribution in [-0.4, -0.2) is 0 Å². The van der Waals surface area contributed by atoms with Gasteiger partial charge in [-0.25, -0.2) is 0 Å². The summed E-state index contributed by atoms with van der Waals surface area (Å²) in [5, 5.41) is 0. The number of para-hydroxylation sites is 4. The minimum Gasteiger partial charge on any atom is -0.310 e. The lowest BCUT2D eigenvalue weighted by molar-refractivity contribution is 0.490. The van der Waals surface area contributed by atoms with Crippen LogP contribution in [0.1, 0.15) is 174 Å². The van der Waals surface area contributed by atoms with E-state index in [1.807, 2.05) is 0 Å². The summed E-state index contributed by atoms with van der Waals surface area (Å²) < 4.78 is 0. The van der Waals surface area contributed by atoms with Gasteiger partial charge < -0.3 is 19.6 Å². The van der Waals surface area contributed by atoms with Crippen molar-refractivity contribution in [3.63, 3.8) is 0 Å². The van der Waals surface area contributed by atoms with Crippen LogP contribution >= 0.6 is 0 Å². The SMILES string of the molecule is CCC1(CC)c2ccccc2-c2ccc(N(c3ccccc3)c3ccc(CC4(Cc5ccc(N(c6ccccc6)c6ccc7c(c6)C(CC)(CC)c6ccccc6-7)cc5)c5cc(N(c6ccccc6)c6ccc7c(c6)C(CC)(CC)c6ccccc6-7)ccc5-c5ccc(N(c6ccccc6)c6ccc7c(c6)C(CC)(CC)c6ccccc6-7)cc54)cc3)cc21. The van der Waals surface area contributed by atoms with Crippen LogP contribution in [0.2, 0.25) is 0 Å². The molecule has 0 spiro atoms. The van der Waals surface area contributed by atoms with Gasteiger partial charge in [-0.1, -0.05) is 286 Å². The van der Waals surface area contributed by atoms with Gasteiger partial charge in [0.05, 0.1) is 0 Å². The van der Waals surface area contributed by atoms with Gasteiger partial charge in [0.25, 0.3) is 0 Å². The topological polar surface area (TPSA) is 13.0 Å². The number of hydrogen-bond donors (Lipinski definition) is 0. The minimum atomic E-state index is -0.682. The smallest absolute Gasteiger partial charge is 0.0465 e. The fourth-order valence-electron chi connectivity index (χ4n) is 23.9. The van der Waals surface area contributed by atoms with Crippen molar-refractivity contribution >= 4 is 68.2 Å². The predicted molar refractivity (Wildman–Crippen MR) is 519 cm³/mol. The highest BCUT2D eigenvalue weighted by molar-refractivity contribution is 5.94. The maximum absolute atomic E-state index is 2.62. The quantitative estimate of drug-likeness (QED) is 0.0598. The van der Waals surface area contributed by atoms with E-state index in [2.05, 4.69) is 451 Å². The summed E-state index contributed by atoms with van der Waals surface area (Å²) in [5.41, 5.74) is 42.3. The number of rotatable bonds is 24. The van der Waals surface area contributed by atoms with E-state index < -0.39 is 5.41 Å². The van der Waals surface area contributed by atoms with E-state index in [1.54, 1.807) is 0 Å². The molecule has 16 aromatic carbocycles. The molecule has 0 fully saturated rings. The van der Waals surface area contributed by atoms with Crippen LogP contribution in [0.4, 0.5) is 68.2 Å². The molecule has 0 unspecified atom stereocenters. The number of anilines is 12. The molecule has 4 heteroatoms. The second-order valence-electron chi connectivity index (χ2n) is 35.2. The zero-order valence-electron chi connectivity index (χ0n) is 72.2. The first-order chi connectivity index (χ1) is 60.5. The molecule has 0 aromatic heterocycles. The first-order valence-corrected chi connectivity index (χ1v) is 45.4. The van der Waals surface area contributed by atoms with Crippen LogP contribution in [0.15, 0.2) is 376 Å². The molecule has 0 atom stereocenters. The van der Waals surface area contributed by atoms with Crippen molar-refractivity contribution in [2.24, 2.45) is 0 Å². The Morgan fingerprint density at radius 1 is 0.146 bits per heavy atom. The van der Waals surface area contributed by atoms with E-state index in [9.17, 15) is 0 Å². The summed E-state index contributed by atoms with van der Waals surface area (Å²) >= 11 is 0. The summed E-state index contributed by atoms with van der Waals surface area (Å²) in [4.78, 5) is 10.1. The number of benzene rings is 16. The van der Waals surface area contributed by atoms with Crippen molar-refractivity contribution in [2.45, 2.75) is 147 Å². The van der Waals surface area contributed by atoms with Crippen molar-refractivity contribution in [3.8, 4) is 55.6 Å². The molecule has 602 valence electrons. The summed E-state index contributed by atoms with van der Waals surface area (Å²) in [6.07, 6.45) is 9.49. The molecule has 0 N–H and O–H groups in total. The van der Waals surface area contributed by atoms with Crippen LogP contribution in [-0.2, 0) is 39.9 Å². The van der Waals surface area contributed by atoms with Gasteiger partial charge in [0.2, 0.25) is 0 Å². The fourth-order valence-corrected chi connectivity index (χ4v) is 23.9. The van der Waals surface area contributed by atoms with Gasteiger partial charge in [0, 0.05) is 95.3 Å². The van der Waals surface area contributed by atoms with Crippen LogP contribution in [0, 0.1) is 0 Å². The Morgan fingerprint density at radius 2 is 0.309 bits per heavy atom. The van der Waals surface area contributed by atoms with Gasteiger partial charge in [-0.2, -0.15) is 0 Å². The van der Waals surface area contributed by atoms with Gasteiger partial charge in [-0.05, 0) is 332 Å². The molecule has 0 bridgehead atoms. The van der Waals surface area contributed by atoms with Crippen LogP contribution in [0.5, 0.6) is 0 Å². The van der Waals surface area contributed by atoms with Crippen molar-refractivity contribution < 1.29 is 0 Å². The molecule has 4 nitrogen and oxygen atoms in total. The van der Waals surface area contributed by atoms with Crippen molar-refractivity contribution in [2.75, 3.05) is 19.6 Å². The molecule has 0 amide bonds. The third-order valence-electron chi connectivity index (χ3n) is 30.2. The second kappa shape index (κ2) is 30.7. The molecule has 0 saturated carbocycles. The lowest BCUT2D eigenvalue weighted by Crippen LogP contribution is -2.31. The van der Waals surface area contributed by atoms with E-state index in [4.69, 9.17) is 0 Å². The molecule has 5 aliphatic rings. The summed E-state index contributed by atoms with van der Waals surface area (Å²) in [5.74, 6) is 0. The maximum atomic E-state index is 2.62. The molecule has 16 aromatic rings. The second-order valence-corrected chi connectivity index (χ2v) is 35.2. The Labute approximate surface area is 728 Å². The summed E-state index contributed by atoms with van der Waals surface area (Å²) in [6.45, 7) is 19.1. The lowest BCUT2D eigenvalue weighted by atomic mass is 9.69. The number of nitrogens with zero attached hydrogens (tertiary/aromatic N) is 4. The Balaban J connectivity index is 0.777. The maximum Gasteiger partial charge on any atom is 0.0465 e. The highest BCUT2D eigenvalue weighted by atomic mass is 15.2. The molecule has 21 rings (SSSR count). The van der Waals surface area contributed by atoms with Crippen LogP contribution in [0.25, 0.3) is 55.6 Å². The largest absolute Gasteiger partial charge is 0.310 e. The zero-order valence-corrected chi connectivity index (χ0v) is 72.2. The third-order valence-corrected chi connectivity index (χ3v) is 30.2. The molecule has 5 aliphatic carbocycles. The molecular formula is C119H106N4. The molecule has 0 aliphatic heterocycles. The van der Waals surface area contributed by atoms with E-state index in [0.717, 1.165) is 120 Å². The standard InChI is InChI=1S/C119H106N4/c1-9-115(10-2)105-49-33-29-45-95(105)99-67-61-89(73-109(99)115)120(83-37-21-17-22-38-83)87-57-53-81(54-58-87)79-119(80-82-55-59-88(60-56-82)121(84-39-23-18-24-40-84)90-62-68-100-96-46-30-34-50-106(96)116(11-3,12-4)110(100)74-90)113-77-93(122(85-41-25-19-26-42-85)91-63-69-101-97-47-31-35-51-107(97)117(13-5,14-6)111(101)75-91)65-71-103(113)104-72-66-94(78-114(104)119)123(86-43-27-20-28-44-86)92-64-70-102-98-48-32-36-52-108(98)118(15-7,16-8)112(102)76-92/h17-78H,9-16,79-80H2,1-8H3. The van der Waals surface area contributed by atoms with E-state index in [1.165, 1.54) is 122 Å². The summed E-state index contributed by atoms with van der Waals surface area (Å²) in [7, 11) is 0. The van der Waals surface area contributed by atoms with Crippen LogP contribution in [0.3, 0.4) is 0 Å².